The topological polar surface area (TPSA) is 49.2 Å². The standard InChI is InChI=1S/C10H7NO2/c12-10-4-7-3-6-1-2-13-9(6)5-8(7)11-10/h1-5,11-12H. The third-order valence-corrected chi connectivity index (χ3v) is 2.18. The second-order valence-electron chi connectivity index (χ2n) is 3.05. The van der Waals surface area contributed by atoms with Crippen LogP contribution in [0.1, 0.15) is 0 Å². The number of furan rings is 1. The van der Waals surface area contributed by atoms with Crippen LogP contribution in [-0.2, 0) is 0 Å². The molecular weight excluding hydrogens is 166 g/mol. The molecule has 0 saturated carbocycles. The first-order chi connectivity index (χ1) is 6.33. The molecule has 2 aromatic heterocycles. The number of benzene rings is 1. The summed E-state index contributed by atoms with van der Waals surface area (Å²) in [6, 6.07) is 7.45. The summed E-state index contributed by atoms with van der Waals surface area (Å²) in [6.45, 7) is 0. The van der Waals surface area contributed by atoms with E-state index in [9.17, 15) is 5.11 Å². The molecule has 64 valence electrons. The van der Waals surface area contributed by atoms with Crippen molar-refractivity contribution < 1.29 is 9.52 Å². The van der Waals surface area contributed by atoms with Crippen molar-refractivity contribution in [2.24, 2.45) is 0 Å². The van der Waals surface area contributed by atoms with Gasteiger partial charge in [-0.1, -0.05) is 0 Å². The van der Waals surface area contributed by atoms with Crippen LogP contribution in [0.15, 0.2) is 34.9 Å². The van der Waals surface area contributed by atoms with Crippen LogP contribution in [0.2, 0.25) is 0 Å². The molecule has 3 nitrogen and oxygen atoms in total. The largest absolute Gasteiger partial charge is 0.495 e. The monoisotopic (exact) mass is 173 g/mol. The maximum absolute atomic E-state index is 9.21. The highest BCUT2D eigenvalue weighted by Gasteiger charge is 2.02. The van der Waals surface area contributed by atoms with Crippen molar-refractivity contribution in [1.82, 2.24) is 4.98 Å². The van der Waals surface area contributed by atoms with E-state index in [1.54, 1.807) is 12.3 Å². The summed E-state index contributed by atoms with van der Waals surface area (Å²) in [4.78, 5) is 2.84. The van der Waals surface area contributed by atoms with Crippen molar-refractivity contribution in [3.05, 3.63) is 30.5 Å². The molecule has 3 aromatic rings. The molecule has 3 heteroatoms. The minimum absolute atomic E-state index is 0.183. The average molecular weight is 173 g/mol. The molecular formula is C10H7NO2. The van der Waals surface area contributed by atoms with Crippen molar-refractivity contribution in [2.75, 3.05) is 0 Å². The number of aromatic amines is 1. The number of aromatic hydroxyl groups is 1. The van der Waals surface area contributed by atoms with Crippen LogP contribution in [-0.4, -0.2) is 10.1 Å². The van der Waals surface area contributed by atoms with E-state index in [-0.39, 0.29) is 5.88 Å². The van der Waals surface area contributed by atoms with E-state index < -0.39 is 0 Å². The summed E-state index contributed by atoms with van der Waals surface area (Å²) in [5.41, 5.74) is 1.72. The third-order valence-electron chi connectivity index (χ3n) is 2.18. The van der Waals surface area contributed by atoms with Crippen molar-refractivity contribution in [2.45, 2.75) is 0 Å². The van der Waals surface area contributed by atoms with Crippen LogP contribution in [0.4, 0.5) is 0 Å². The Morgan fingerprint density at radius 3 is 3.00 bits per heavy atom. The molecule has 0 fully saturated rings. The first-order valence-corrected chi connectivity index (χ1v) is 4.02. The highest BCUT2D eigenvalue weighted by Crippen LogP contribution is 2.25. The maximum atomic E-state index is 9.21. The lowest BCUT2D eigenvalue weighted by atomic mass is 10.2. The van der Waals surface area contributed by atoms with Gasteiger partial charge < -0.3 is 14.5 Å². The van der Waals surface area contributed by atoms with E-state index in [2.05, 4.69) is 4.98 Å². The smallest absolute Gasteiger partial charge is 0.189 e. The molecule has 13 heavy (non-hydrogen) atoms. The summed E-state index contributed by atoms with van der Waals surface area (Å²) in [7, 11) is 0. The second-order valence-corrected chi connectivity index (χ2v) is 3.05. The van der Waals surface area contributed by atoms with Gasteiger partial charge in [0.1, 0.15) is 5.58 Å². The second kappa shape index (κ2) is 2.07. The summed E-state index contributed by atoms with van der Waals surface area (Å²) in [5, 5.41) is 11.3. The molecule has 0 amide bonds. The van der Waals surface area contributed by atoms with Crippen LogP contribution in [0.3, 0.4) is 0 Å². The van der Waals surface area contributed by atoms with Crippen molar-refractivity contribution in [3.63, 3.8) is 0 Å². The summed E-state index contributed by atoms with van der Waals surface area (Å²) >= 11 is 0. The molecule has 0 atom stereocenters. The van der Waals surface area contributed by atoms with Gasteiger partial charge in [-0.15, -0.1) is 0 Å². The summed E-state index contributed by atoms with van der Waals surface area (Å²) < 4.78 is 5.23. The van der Waals surface area contributed by atoms with Crippen LogP contribution in [0, 0.1) is 0 Å². The number of nitrogens with one attached hydrogen (secondary N) is 1. The van der Waals surface area contributed by atoms with Crippen molar-refractivity contribution >= 4 is 21.9 Å². The van der Waals surface area contributed by atoms with Gasteiger partial charge in [0, 0.05) is 22.9 Å². The van der Waals surface area contributed by atoms with Gasteiger partial charge in [-0.25, -0.2) is 0 Å². The summed E-state index contributed by atoms with van der Waals surface area (Å²) in [6.07, 6.45) is 1.66. The van der Waals surface area contributed by atoms with E-state index in [4.69, 9.17) is 4.42 Å². The van der Waals surface area contributed by atoms with Crippen molar-refractivity contribution in [1.29, 1.82) is 0 Å². The van der Waals surface area contributed by atoms with E-state index in [1.165, 1.54) is 0 Å². The Morgan fingerprint density at radius 1 is 1.15 bits per heavy atom. The minimum Gasteiger partial charge on any atom is -0.495 e. The Hall–Kier alpha value is -1.90. The van der Waals surface area contributed by atoms with E-state index >= 15 is 0 Å². The number of aromatic nitrogens is 1. The molecule has 2 N–H and O–H groups in total. The van der Waals surface area contributed by atoms with Crippen LogP contribution in [0.5, 0.6) is 5.88 Å². The Morgan fingerprint density at radius 2 is 2.08 bits per heavy atom. The van der Waals surface area contributed by atoms with Crippen molar-refractivity contribution in [3.8, 4) is 5.88 Å². The first kappa shape index (κ1) is 6.60. The molecule has 0 radical (unpaired) electrons. The molecule has 3 rings (SSSR count). The molecule has 1 aromatic carbocycles. The van der Waals surface area contributed by atoms with E-state index in [1.807, 2.05) is 18.2 Å². The quantitative estimate of drug-likeness (QED) is 0.549. The van der Waals surface area contributed by atoms with Gasteiger partial charge >= 0.3 is 0 Å². The fraction of sp³-hybridized carbons (Fsp3) is 0. The van der Waals surface area contributed by atoms with Gasteiger partial charge in [0.15, 0.2) is 5.88 Å². The lowest BCUT2D eigenvalue weighted by Crippen LogP contribution is -1.67. The van der Waals surface area contributed by atoms with Crippen LogP contribution >= 0.6 is 0 Å². The van der Waals surface area contributed by atoms with Gasteiger partial charge in [0.2, 0.25) is 0 Å². The molecule has 2 heterocycles. The molecule has 0 saturated heterocycles. The fourth-order valence-corrected chi connectivity index (χ4v) is 1.58. The average Bonchev–Trinajstić information content (AvgIpc) is 2.63. The predicted octanol–water partition coefficient (Wildman–Crippen LogP) is 2.62. The van der Waals surface area contributed by atoms with Crippen LogP contribution < -0.4 is 0 Å². The highest BCUT2D eigenvalue weighted by atomic mass is 16.3. The molecule has 0 bridgehead atoms. The molecule has 0 aliphatic heterocycles. The number of rotatable bonds is 0. The summed E-state index contributed by atoms with van der Waals surface area (Å²) in [5.74, 6) is 0.183. The molecule has 0 spiro atoms. The zero-order chi connectivity index (χ0) is 8.84. The highest BCUT2D eigenvalue weighted by molar-refractivity contribution is 5.95. The Bertz CT molecular complexity index is 529. The minimum atomic E-state index is 0.183. The number of hydrogen-bond donors (Lipinski definition) is 2. The molecule has 0 unspecified atom stereocenters. The fourth-order valence-electron chi connectivity index (χ4n) is 1.58. The number of hydrogen-bond acceptors (Lipinski definition) is 2. The van der Waals surface area contributed by atoms with Gasteiger partial charge in [-0.05, 0) is 12.1 Å². The number of H-pyrrole nitrogens is 1. The van der Waals surface area contributed by atoms with Gasteiger partial charge in [0.25, 0.3) is 0 Å². The Balaban J connectivity index is 2.54. The lowest BCUT2D eigenvalue weighted by Gasteiger charge is -1.88. The van der Waals surface area contributed by atoms with E-state index in [0.29, 0.717) is 0 Å². The molecule has 0 aliphatic rings. The lowest BCUT2D eigenvalue weighted by molar-refractivity contribution is 0.458. The van der Waals surface area contributed by atoms with Gasteiger partial charge in [-0.2, -0.15) is 0 Å². The van der Waals surface area contributed by atoms with Crippen LogP contribution in [0.25, 0.3) is 21.9 Å². The zero-order valence-electron chi connectivity index (χ0n) is 6.74. The predicted molar refractivity (Wildman–Crippen MR) is 49.7 cm³/mol. The SMILES string of the molecule is Oc1cc2cc3ccoc3cc2[nH]1. The zero-order valence-corrected chi connectivity index (χ0v) is 6.74. The van der Waals surface area contributed by atoms with Gasteiger partial charge in [0.05, 0.1) is 11.8 Å². The first-order valence-electron chi connectivity index (χ1n) is 4.02. The molecule has 0 aliphatic carbocycles. The number of fused-ring (bicyclic) bond motifs is 2. The van der Waals surface area contributed by atoms with Gasteiger partial charge in [-0.3, -0.25) is 0 Å². The Kier molecular flexibility index (Phi) is 1.05. The van der Waals surface area contributed by atoms with E-state index in [0.717, 1.165) is 21.9 Å². The Labute approximate surface area is 73.6 Å². The normalized spacial score (nSPS) is 11.4. The third kappa shape index (κ3) is 0.839. The maximum Gasteiger partial charge on any atom is 0.189 e.